The van der Waals surface area contributed by atoms with E-state index in [0.717, 1.165) is 12.8 Å². The fourth-order valence-electron chi connectivity index (χ4n) is 4.17. The van der Waals surface area contributed by atoms with Crippen LogP contribution in [-0.2, 0) is 4.74 Å². The highest BCUT2D eigenvalue weighted by Gasteiger charge is 2.31. The van der Waals surface area contributed by atoms with E-state index < -0.39 is 18.2 Å². The van der Waals surface area contributed by atoms with Crippen LogP contribution in [-0.4, -0.2) is 69.2 Å². The molecule has 2 aliphatic rings. The van der Waals surface area contributed by atoms with Gasteiger partial charge in [-0.1, -0.05) is 11.6 Å². The molecule has 2 aromatic heterocycles. The van der Waals surface area contributed by atoms with Crippen molar-refractivity contribution in [1.82, 2.24) is 24.9 Å². The predicted octanol–water partition coefficient (Wildman–Crippen LogP) is 2.13. The zero-order valence-electron chi connectivity index (χ0n) is 19.8. The van der Waals surface area contributed by atoms with Crippen LogP contribution < -0.4 is 20.9 Å². The highest BCUT2D eigenvalue weighted by Crippen LogP contribution is 2.37. The number of nitrogens with zero attached hydrogens (tertiary/aromatic N) is 7. The maximum absolute atomic E-state index is 11.6. The highest BCUT2D eigenvalue weighted by molar-refractivity contribution is 6.36. The van der Waals surface area contributed by atoms with Crippen LogP contribution in [0, 0.1) is 22.7 Å². The number of amides is 1. The molecular weight excluding hydrogens is 500 g/mol. The van der Waals surface area contributed by atoms with Crippen LogP contribution >= 0.6 is 11.6 Å². The summed E-state index contributed by atoms with van der Waals surface area (Å²) in [5.41, 5.74) is 1.94. The lowest BCUT2D eigenvalue weighted by molar-refractivity contribution is 0.103. The van der Waals surface area contributed by atoms with E-state index in [1.807, 2.05) is 4.90 Å². The zero-order valence-corrected chi connectivity index (χ0v) is 20.5. The first-order chi connectivity index (χ1) is 17.9. The summed E-state index contributed by atoms with van der Waals surface area (Å²) < 4.78 is 6.02. The number of halogens is 1. The number of ether oxygens (including phenoxy) is 1. The van der Waals surface area contributed by atoms with E-state index in [1.54, 1.807) is 12.1 Å². The molecule has 2 fully saturated rings. The van der Waals surface area contributed by atoms with Gasteiger partial charge in [-0.3, -0.25) is 0 Å². The zero-order chi connectivity index (χ0) is 26.1. The third-order valence-corrected chi connectivity index (χ3v) is 6.63. The monoisotopic (exact) mass is 522 g/mol. The van der Waals surface area contributed by atoms with Gasteiger partial charge in [0.2, 0.25) is 5.95 Å². The second-order valence-corrected chi connectivity index (χ2v) is 9.21. The molecule has 0 spiro atoms. The van der Waals surface area contributed by atoms with Crippen LogP contribution in [0.5, 0.6) is 0 Å². The van der Waals surface area contributed by atoms with Crippen molar-refractivity contribution >= 4 is 46.5 Å². The van der Waals surface area contributed by atoms with Crippen LogP contribution in [0.1, 0.15) is 30.5 Å². The Hall–Kier alpha value is -4.33. The summed E-state index contributed by atoms with van der Waals surface area (Å²) in [5.74, 6) is 0.645. The number of rotatable bonds is 6. The maximum atomic E-state index is 11.6. The van der Waals surface area contributed by atoms with E-state index in [1.165, 1.54) is 17.8 Å². The average Bonchev–Trinajstić information content (AvgIpc) is 3.62. The van der Waals surface area contributed by atoms with Crippen molar-refractivity contribution in [2.24, 2.45) is 0 Å². The minimum atomic E-state index is -0.876. The van der Waals surface area contributed by atoms with Gasteiger partial charge in [0.1, 0.15) is 6.07 Å². The highest BCUT2D eigenvalue weighted by atomic mass is 35.5. The Morgan fingerprint density at radius 1 is 1.27 bits per heavy atom. The van der Waals surface area contributed by atoms with Gasteiger partial charge >= 0.3 is 6.09 Å². The van der Waals surface area contributed by atoms with Gasteiger partial charge in [-0.2, -0.15) is 20.0 Å². The maximum Gasteiger partial charge on any atom is 0.407 e. The molecule has 13 nitrogen and oxygen atoms in total. The molecule has 5 rings (SSSR count). The normalized spacial score (nSPS) is 19.1. The van der Waals surface area contributed by atoms with Crippen molar-refractivity contribution in [2.45, 2.75) is 37.5 Å². The van der Waals surface area contributed by atoms with E-state index in [4.69, 9.17) is 11.6 Å². The molecule has 2 atom stereocenters. The standard InChI is InChI=1S/C23H23ClN10O3/c1-37-23(36)30-15-4-5-33(11-18(15)35)17-7-12(8-25)6-16(19(17)24)29-22-31-20(28-13-2-3-13)21-27-10-14(9-26)34(21)32-22/h6-7,10,13,15,18,35H,2-5,11H2,1H3,(H,30,36)(H2,28,29,31,32)/t15-,18+/m0/s1. The minimum Gasteiger partial charge on any atom is -0.453 e. The molecule has 1 aliphatic heterocycles. The number of piperidine rings is 1. The Bertz CT molecular complexity index is 1440. The Balaban J connectivity index is 1.45. The van der Waals surface area contributed by atoms with Gasteiger partial charge < -0.3 is 30.7 Å². The van der Waals surface area contributed by atoms with Crippen LogP contribution in [0.4, 0.5) is 27.9 Å². The SMILES string of the molecule is COC(=O)N[C@H]1CCN(c2cc(C#N)cc(Nc3nc(NC4CC4)c4ncc(C#N)n4n3)c2Cl)C[C@H]1O. The van der Waals surface area contributed by atoms with Gasteiger partial charge in [-0.05, 0) is 31.4 Å². The molecule has 0 unspecified atom stereocenters. The molecule has 4 N–H and O–H groups in total. The molecule has 3 heterocycles. The van der Waals surface area contributed by atoms with E-state index in [0.29, 0.717) is 46.4 Å². The molecule has 14 heteroatoms. The number of aromatic nitrogens is 4. The third kappa shape index (κ3) is 5.00. The molecule has 190 valence electrons. The number of benzene rings is 1. The van der Waals surface area contributed by atoms with Crippen molar-refractivity contribution < 1.29 is 14.6 Å². The first-order valence-corrected chi connectivity index (χ1v) is 12.0. The molecule has 1 amide bonds. The van der Waals surface area contributed by atoms with Crippen molar-refractivity contribution in [3.05, 3.63) is 34.6 Å². The number of aliphatic hydroxyl groups is 1. The average molecular weight is 523 g/mol. The van der Waals surface area contributed by atoms with E-state index in [9.17, 15) is 20.4 Å². The second-order valence-electron chi connectivity index (χ2n) is 8.83. The Morgan fingerprint density at radius 3 is 2.76 bits per heavy atom. The quantitative estimate of drug-likeness (QED) is 0.373. The number of β-amino-alcohol motifs (C(OH)–C–C–N with tert-alkyl or cyclic N) is 1. The summed E-state index contributed by atoms with van der Waals surface area (Å²) in [6, 6.07) is 7.23. The number of anilines is 4. The first kappa shape index (κ1) is 24.4. The number of aliphatic hydroxyl groups excluding tert-OH is 1. The van der Waals surface area contributed by atoms with E-state index in [2.05, 4.69) is 47.9 Å². The summed E-state index contributed by atoms with van der Waals surface area (Å²) in [4.78, 5) is 22.2. The number of carbonyl (C=O) groups is 1. The molecule has 0 radical (unpaired) electrons. The number of carbonyl (C=O) groups excluding carboxylic acids is 1. The lowest BCUT2D eigenvalue weighted by Crippen LogP contribution is -2.54. The number of fused-ring (bicyclic) bond motifs is 1. The van der Waals surface area contributed by atoms with E-state index >= 15 is 0 Å². The lowest BCUT2D eigenvalue weighted by atomic mass is 10.0. The third-order valence-electron chi connectivity index (χ3n) is 6.24. The largest absolute Gasteiger partial charge is 0.453 e. The van der Waals surface area contributed by atoms with Crippen molar-refractivity contribution in [3.63, 3.8) is 0 Å². The fourth-order valence-corrected chi connectivity index (χ4v) is 4.45. The van der Waals surface area contributed by atoms with Gasteiger partial charge in [-0.15, -0.1) is 5.10 Å². The minimum absolute atomic E-state index is 0.161. The van der Waals surface area contributed by atoms with E-state index in [-0.39, 0.29) is 24.2 Å². The number of imidazole rings is 1. The molecule has 3 aromatic rings. The number of hydrogen-bond acceptors (Lipinski definition) is 11. The van der Waals surface area contributed by atoms with Crippen LogP contribution in [0.3, 0.4) is 0 Å². The fraction of sp³-hybridized carbons (Fsp3) is 0.391. The smallest absolute Gasteiger partial charge is 0.407 e. The summed E-state index contributed by atoms with van der Waals surface area (Å²) in [5, 5.41) is 43.4. The number of nitriles is 2. The number of methoxy groups -OCH3 is 1. The Morgan fingerprint density at radius 2 is 2.08 bits per heavy atom. The van der Waals surface area contributed by atoms with Crippen LogP contribution in [0.15, 0.2) is 18.3 Å². The number of hydrogen-bond donors (Lipinski definition) is 4. The number of nitrogens with one attached hydrogen (secondary N) is 3. The molecule has 1 saturated carbocycles. The van der Waals surface area contributed by atoms with Gasteiger partial charge in [0.25, 0.3) is 0 Å². The van der Waals surface area contributed by atoms with Crippen molar-refractivity contribution in [1.29, 1.82) is 10.5 Å². The molecule has 0 bridgehead atoms. The van der Waals surface area contributed by atoms with Gasteiger partial charge in [0, 0.05) is 19.1 Å². The Kier molecular flexibility index (Phi) is 6.56. The van der Waals surface area contributed by atoms with Gasteiger partial charge in [0.15, 0.2) is 17.2 Å². The lowest BCUT2D eigenvalue weighted by Gasteiger charge is -2.38. The summed E-state index contributed by atoms with van der Waals surface area (Å²) in [7, 11) is 1.26. The van der Waals surface area contributed by atoms with Crippen molar-refractivity contribution in [3.8, 4) is 12.1 Å². The molecular formula is C23H23ClN10O3. The molecule has 37 heavy (non-hydrogen) atoms. The van der Waals surface area contributed by atoms with Crippen LogP contribution in [0.2, 0.25) is 5.02 Å². The second kappa shape index (κ2) is 9.97. The molecule has 1 saturated heterocycles. The first-order valence-electron chi connectivity index (χ1n) is 11.6. The predicted molar refractivity (Wildman–Crippen MR) is 134 cm³/mol. The van der Waals surface area contributed by atoms with Crippen molar-refractivity contribution in [2.75, 3.05) is 35.7 Å². The van der Waals surface area contributed by atoms with Gasteiger partial charge in [-0.25, -0.2) is 9.78 Å². The topological polar surface area (TPSA) is 177 Å². The van der Waals surface area contributed by atoms with Gasteiger partial charge in [0.05, 0.1) is 53.5 Å². The molecule has 1 aromatic carbocycles. The summed E-state index contributed by atoms with van der Waals surface area (Å²) in [6.07, 6.45) is 2.41. The summed E-state index contributed by atoms with van der Waals surface area (Å²) in [6.45, 7) is 0.652. The number of alkyl carbamates (subject to hydrolysis) is 1. The Labute approximate surface area is 216 Å². The summed E-state index contributed by atoms with van der Waals surface area (Å²) >= 11 is 6.77. The molecule has 1 aliphatic carbocycles. The van der Waals surface area contributed by atoms with Crippen LogP contribution in [0.25, 0.3) is 5.65 Å².